The molecule has 1 atom stereocenters. The second-order valence-corrected chi connectivity index (χ2v) is 8.73. The number of halogens is 5. The van der Waals surface area contributed by atoms with E-state index in [9.17, 15) is 26.7 Å². The highest BCUT2D eigenvalue weighted by Gasteiger charge is 2.56. The number of nitrogens with zero attached hydrogens (tertiary/aromatic N) is 6. The van der Waals surface area contributed by atoms with Crippen LogP contribution in [0.1, 0.15) is 38.6 Å². The Bertz CT molecular complexity index is 1320. The van der Waals surface area contributed by atoms with Crippen LogP contribution >= 0.6 is 0 Å². The highest BCUT2D eigenvalue weighted by Crippen LogP contribution is 2.41. The third-order valence-electron chi connectivity index (χ3n) is 5.63. The van der Waals surface area contributed by atoms with Crippen molar-refractivity contribution in [3.8, 4) is 11.5 Å². The molecule has 1 aliphatic rings. The maximum absolute atomic E-state index is 13.5. The number of fused-ring (bicyclic) bond motifs is 2. The van der Waals surface area contributed by atoms with E-state index in [1.807, 2.05) is 13.8 Å². The van der Waals surface area contributed by atoms with Gasteiger partial charge in [-0.2, -0.15) is 27.1 Å². The van der Waals surface area contributed by atoms with Crippen LogP contribution in [0.15, 0.2) is 6.20 Å². The molecule has 0 fully saturated rings. The summed E-state index contributed by atoms with van der Waals surface area (Å²) in [5.41, 5.74) is 5.55. The van der Waals surface area contributed by atoms with Crippen LogP contribution in [0, 0.1) is 0 Å². The predicted molar refractivity (Wildman–Crippen MR) is 115 cm³/mol. The highest BCUT2D eigenvalue weighted by atomic mass is 19.4. The molecule has 0 bridgehead atoms. The number of anilines is 2. The Balaban J connectivity index is 1.80. The number of nitrogen functional groups attached to an aromatic ring is 1. The van der Waals surface area contributed by atoms with Crippen molar-refractivity contribution >= 4 is 28.6 Å². The number of hydrogen-bond donors (Lipinski definition) is 3. The van der Waals surface area contributed by atoms with Gasteiger partial charge >= 0.3 is 12.1 Å². The number of alkyl halides is 5. The molecule has 15 heteroatoms. The van der Waals surface area contributed by atoms with Crippen LogP contribution in [0.25, 0.3) is 22.6 Å². The molecule has 1 amide bonds. The fourth-order valence-electron chi connectivity index (χ4n) is 3.99. The Hall–Kier alpha value is -3.49. The number of hydrogen-bond acceptors (Lipinski definition) is 8. The lowest BCUT2D eigenvalue weighted by Crippen LogP contribution is -2.48. The fraction of sp³-hybridized carbons (Fsp3) is 0.500. The molecule has 1 aliphatic heterocycles. The molecule has 35 heavy (non-hydrogen) atoms. The van der Waals surface area contributed by atoms with Gasteiger partial charge < -0.3 is 11.1 Å². The van der Waals surface area contributed by atoms with Gasteiger partial charge in [0.25, 0.3) is 0 Å². The molecule has 3 aromatic heterocycles. The molecule has 4 rings (SSSR count). The maximum atomic E-state index is 13.5. The number of nitrogens with one attached hydrogen (secondary N) is 2. The zero-order valence-electron chi connectivity index (χ0n) is 19.1. The molecule has 10 nitrogen and oxygen atoms in total. The van der Waals surface area contributed by atoms with Gasteiger partial charge in [0.2, 0.25) is 5.91 Å². The normalized spacial score (nSPS) is 18.4. The van der Waals surface area contributed by atoms with Crippen LogP contribution in [0.5, 0.6) is 0 Å². The van der Waals surface area contributed by atoms with Crippen molar-refractivity contribution in [2.45, 2.75) is 57.3 Å². The molecule has 4 N–H and O–H groups in total. The van der Waals surface area contributed by atoms with Gasteiger partial charge in [-0.15, -0.1) is 0 Å². The van der Waals surface area contributed by atoms with Gasteiger partial charge in [0.05, 0.1) is 17.1 Å². The van der Waals surface area contributed by atoms with Crippen molar-refractivity contribution < 1.29 is 26.7 Å². The minimum absolute atomic E-state index is 0.0280. The molecule has 0 spiro atoms. The molecule has 3 aromatic rings. The zero-order valence-corrected chi connectivity index (χ0v) is 19.1. The molecule has 0 aromatic carbocycles. The Kier molecular flexibility index (Phi) is 5.65. The molecule has 0 saturated carbocycles. The molecular weight excluding hydrogens is 477 g/mol. The number of aryl methyl sites for hydroxylation is 2. The van der Waals surface area contributed by atoms with Crippen molar-refractivity contribution in [3.05, 3.63) is 17.6 Å². The monoisotopic (exact) mass is 499 g/mol. The first-order chi connectivity index (χ1) is 16.1. The van der Waals surface area contributed by atoms with Gasteiger partial charge in [0.15, 0.2) is 11.5 Å². The first-order valence-corrected chi connectivity index (χ1v) is 10.5. The van der Waals surface area contributed by atoms with Crippen LogP contribution in [-0.4, -0.2) is 53.8 Å². The molecule has 188 valence electrons. The van der Waals surface area contributed by atoms with E-state index in [4.69, 9.17) is 5.73 Å². The maximum Gasteiger partial charge on any atom is 0.453 e. The quantitative estimate of drug-likeness (QED) is 0.441. The molecule has 0 aliphatic carbocycles. The van der Waals surface area contributed by atoms with Crippen LogP contribution in [0.3, 0.4) is 0 Å². The lowest BCUT2D eigenvalue weighted by Gasteiger charge is -2.26. The second-order valence-electron chi connectivity index (χ2n) is 8.73. The van der Waals surface area contributed by atoms with E-state index in [2.05, 4.69) is 35.7 Å². The largest absolute Gasteiger partial charge is 0.453 e. The standard InChI is InChI=1S/C20H22F5N9O/c1-8(2)33-18(3)11-13(26)30-15(31-14(11)32-17(18)35)12-9-7-27-34(4)16(9)29-10(28-12)5-6-19(21,22)20(23,24)25/h7-8,33H,5-6H2,1-4H3,(H3,26,30,31,32,35). The van der Waals surface area contributed by atoms with Crippen molar-refractivity contribution in [1.82, 2.24) is 35.0 Å². The summed E-state index contributed by atoms with van der Waals surface area (Å²) in [7, 11) is 1.52. The van der Waals surface area contributed by atoms with Crippen LogP contribution in [0.4, 0.5) is 33.6 Å². The van der Waals surface area contributed by atoms with Gasteiger partial charge in [-0.1, -0.05) is 0 Å². The number of carbonyl (C=O) groups excluding carboxylic acids is 1. The fourth-order valence-corrected chi connectivity index (χ4v) is 3.99. The summed E-state index contributed by atoms with van der Waals surface area (Å²) >= 11 is 0. The van der Waals surface area contributed by atoms with Crippen molar-refractivity contribution in [1.29, 1.82) is 0 Å². The summed E-state index contributed by atoms with van der Waals surface area (Å²) < 4.78 is 66.1. The lowest BCUT2D eigenvalue weighted by molar-refractivity contribution is -0.284. The SMILES string of the molecule is CC(C)NC1(C)C(=O)Nc2nc(-c3nc(CCC(F)(F)C(F)(F)F)nc4c3cnn4C)nc(N)c21. The number of rotatable bonds is 6. The average Bonchev–Trinajstić information content (AvgIpc) is 3.21. The lowest BCUT2D eigenvalue weighted by atomic mass is 9.94. The summed E-state index contributed by atoms with van der Waals surface area (Å²) in [5.74, 6) is -5.56. The minimum atomic E-state index is -5.70. The predicted octanol–water partition coefficient (Wildman–Crippen LogP) is 2.70. The first kappa shape index (κ1) is 24.6. The first-order valence-electron chi connectivity index (χ1n) is 10.5. The molecule has 0 saturated heterocycles. The zero-order chi connectivity index (χ0) is 25.9. The van der Waals surface area contributed by atoms with Crippen LogP contribution in [-0.2, 0) is 23.8 Å². The van der Waals surface area contributed by atoms with E-state index >= 15 is 0 Å². The third-order valence-corrected chi connectivity index (χ3v) is 5.63. The van der Waals surface area contributed by atoms with E-state index in [-0.39, 0.29) is 40.7 Å². The molecular formula is C20H22F5N9O. The van der Waals surface area contributed by atoms with Gasteiger partial charge in [-0.25, -0.2) is 19.9 Å². The molecule has 1 unspecified atom stereocenters. The van der Waals surface area contributed by atoms with E-state index < -0.39 is 36.4 Å². The van der Waals surface area contributed by atoms with Crippen LogP contribution in [0.2, 0.25) is 0 Å². The van der Waals surface area contributed by atoms with Crippen molar-refractivity contribution in [3.63, 3.8) is 0 Å². The summed E-state index contributed by atoms with van der Waals surface area (Å²) in [4.78, 5) is 29.6. The number of amides is 1. The summed E-state index contributed by atoms with van der Waals surface area (Å²) in [5, 5.41) is 10.2. The molecule has 0 radical (unpaired) electrons. The highest BCUT2D eigenvalue weighted by molar-refractivity contribution is 6.06. The Morgan fingerprint density at radius 3 is 2.49 bits per heavy atom. The number of nitrogens with two attached hydrogens (primary N) is 1. The number of carbonyl (C=O) groups is 1. The van der Waals surface area contributed by atoms with Crippen molar-refractivity contribution in [2.75, 3.05) is 11.1 Å². The van der Waals surface area contributed by atoms with E-state index in [1.165, 1.54) is 17.9 Å². The van der Waals surface area contributed by atoms with Gasteiger partial charge in [-0.3, -0.25) is 14.8 Å². The topological polar surface area (TPSA) is 137 Å². The Morgan fingerprint density at radius 2 is 1.86 bits per heavy atom. The third kappa shape index (κ3) is 4.13. The summed E-state index contributed by atoms with van der Waals surface area (Å²) in [6.45, 7) is 5.34. The second kappa shape index (κ2) is 8.03. The average molecular weight is 499 g/mol. The van der Waals surface area contributed by atoms with Gasteiger partial charge in [0.1, 0.15) is 28.7 Å². The Labute approximate surface area is 195 Å². The molecule has 4 heterocycles. The van der Waals surface area contributed by atoms with Gasteiger partial charge in [0, 0.05) is 25.9 Å². The van der Waals surface area contributed by atoms with Crippen molar-refractivity contribution in [2.24, 2.45) is 7.05 Å². The minimum Gasteiger partial charge on any atom is -0.383 e. The van der Waals surface area contributed by atoms with E-state index in [1.54, 1.807) is 6.92 Å². The van der Waals surface area contributed by atoms with Crippen LogP contribution < -0.4 is 16.4 Å². The van der Waals surface area contributed by atoms with E-state index in [0.29, 0.717) is 10.9 Å². The summed E-state index contributed by atoms with van der Waals surface area (Å²) in [6, 6.07) is -0.0787. The van der Waals surface area contributed by atoms with E-state index in [0.717, 1.165) is 0 Å². The summed E-state index contributed by atoms with van der Waals surface area (Å²) in [6.07, 6.45) is -6.62. The van der Waals surface area contributed by atoms with Gasteiger partial charge in [-0.05, 0) is 20.8 Å². The smallest absolute Gasteiger partial charge is 0.383 e. The number of aromatic nitrogens is 6. The Morgan fingerprint density at radius 1 is 1.17 bits per heavy atom.